The Bertz CT molecular complexity index is 401. The van der Waals surface area contributed by atoms with Gasteiger partial charge in [0.2, 0.25) is 0 Å². The van der Waals surface area contributed by atoms with Crippen molar-refractivity contribution in [1.82, 2.24) is 0 Å². The van der Waals surface area contributed by atoms with Gasteiger partial charge in [-0.2, -0.15) is 0 Å². The molecule has 0 aromatic heterocycles. The standard InChI is InChI=1S/C14H20N2O/c1-11-4-2-5-12(8-11)9-14-16-10-13(17-14)6-3-7-15/h2,4-5,8,13H,3,6-7,9-10,15H2,1H3. The van der Waals surface area contributed by atoms with Gasteiger partial charge in [-0.05, 0) is 31.9 Å². The zero-order valence-corrected chi connectivity index (χ0v) is 10.4. The normalized spacial score (nSPS) is 18.9. The third-order valence-electron chi connectivity index (χ3n) is 2.94. The quantitative estimate of drug-likeness (QED) is 0.845. The lowest BCUT2D eigenvalue weighted by Crippen LogP contribution is -2.15. The molecular formula is C14H20N2O. The van der Waals surface area contributed by atoms with Gasteiger partial charge in [-0.3, -0.25) is 4.99 Å². The van der Waals surface area contributed by atoms with Gasteiger partial charge >= 0.3 is 0 Å². The molecule has 2 rings (SSSR count). The van der Waals surface area contributed by atoms with Crippen LogP contribution in [0.25, 0.3) is 0 Å². The van der Waals surface area contributed by atoms with Gasteiger partial charge in [-0.25, -0.2) is 0 Å². The first-order valence-corrected chi connectivity index (χ1v) is 6.23. The summed E-state index contributed by atoms with van der Waals surface area (Å²) in [5.74, 6) is 0.873. The third-order valence-corrected chi connectivity index (χ3v) is 2.94. The molecule has 0 fully saturated rings. The van der Waals surface area contributed by atoms with E-state index in [1.54, 1.807) is 0 Å². The van der Waals surface area contributed by atoms with Gasteiger partial charge in [-0.1, -0.05) is 29.8 Å². The molecule has 0 aliphatic carbocycles. The molecule has 1 aromatic rings. The van der Waals surface area contributed by atoms with Crippen LogP contribution in [-0.4, -0.2) is 25.1 Å². The van der Waals surface area contributed by atoms with E-state index in [1.807, 2.05) is 0 Å². The lowest BCUT2D eigenvalue weighted by molar-refractivity contribution is 0.207. The van der Waals surface area contributed by atoms with E-state index in [-0.39, 0.29) is 6.10 Å². The van der Waals surface area contributed by atoms with Gasteiger partial charge in [0, 0.05) is 6.42 Å². The Morgan fingerprint density at radius 1 is 1.47 bits per heavy atom. The van der Waals surface area contributed by atoms with Crippen molar-refractivity contribution in [3.8, 4) is 0 Å². The highest BCUT2D eigenvalue weighted by Crippen LogP contribution is 2.14. The maximum atomic E-state index is 5.80. The zero-order chi connectivity index (χ0) is 12.1. The molecule has 17 heavy (non-hydrogen) atoms. The highest BCUT2D eigenvalue weighted by atomic mass is 16.5. The first-order chi connectivity index (χ1) is 8.28. The van der Waals surface area contributed by atoms with E-state index in [4.69, 9.17) is 10.5 Å². The second kappa shape index (κ2) is 5.82. The minimum atomic E-state index is 0.248. The Labute approximate surface area is 103 Å². The molecule has 0 bridgehead atoms. The van der Waals surface area contributed by atoms with Crippen LogP contribution in [-0.2, 0) is 11.2 Å². The van der Waals surface area contributed by atoms with Gasteiger partial charge in [-0.15, -0.1) is 0 Å². The van der Waals surface area contributed by atoms with Gasteiger partial charge in [0.05, 0.1) is 6.54 Å². The number of nitrogens with zero attached hydrogens (tertiary/aromatic N) is 1. The summed E-state index contributed by atoms with van der Waals surface area (Å²) in [6, 6.07) is 8.47. The molecule has 92 valence electrons. The molecule has 0 saturated carbocycles. The van der Waals surface area contributed by atoms with E-state index < -0.39 is 0 Å². The lowest BCUT2D eigenvalue weighted by Gasteiger charge is -2.10. The van der Waals surface area contributed by atoms with Crippen LogP contribution in [0.3, 0.4) is 0 Å². The molecule has 0 radical (unpaired) electrons. The first-order valence-electron chi connectivity index (χ1n) is 6.23. The largest absolute Gasteiger partial charge is 0.475 e. The monoisotopic (exact) mass is 232 g/mol. The van der Waals surface area contributed by atoms with Crippen LogP contribution in [0.15, 0.2) is 29.3 Å². The number of hydrogen-bond acceptors (Lipinski definition) is 3. The summed E-state index contributed by atoms with van der Waals surface area (Å²) in [5.41, 5.74) is 8.03. The van der Waals surface area contributed by atoms with Crippen molar-refractivity contribution >= 4 is 5.90 Å². The van der Waals surface area contributed by atoms with Gasteiger partial charge in [0.15, 0.2) is 5.90 Å². The number of nitrogens with two attached hydrogens (primary N) is 1. The van der Waals surface area contributed by atoms with Crippen LogP contribution in [0.2, 0.25) is 0 Å². The third kappa shape index (κ3) is 3.56. The maximum absolute atomic E-state index is 5.80. The minimum Gasteiger partial charge on any atom is -0.475 e. The van der Waals surface area contributed by atoms with Crippen molar-refractivity contribution in [2.45, 2.75) is 32.3 Å². The van der Waals surface area contributed by atoms with E-state index in [9.17, 15) is 0 Å². The Morgan fingerprint density at radius 2 is 2.35 bits per heavy atom. The number of aliphatic imine (C=N–C) groups is 1. The molecule has 1 heterocycles. The van der Waals surface area contributed by atoms with E-state index in [0.717, 1.165) is 38.2 Å². The van der Waals surface area contributed by atoms with Crippen molar-refractivity contribution < 1.29 is 4.74 Å². The summed E-state index contributed by atoms with van der Waals surface area (Å²) in [6.45, 7) is 3.62. The van der Waals surface area contributed by atoms with E-state index in [0.29, 0.717) is 0 Å². The van der Waals surface area contributed by atoms with Crippen LogP contribution in [0, 0.1) is 6.92 Å². The molecule has 3 nitrogen and oxygen atoms in total. The van der Waals surface area contributed by atoms with Crippen molar-refractivity contribution in [1.29, 1.82) is 0 Å². The molecule has 0 saturated heterocycles. The number of hydrogen-bond donors (Lipinski definition) is 1. The Morgan fingerprint density at radius 3 is 3.12 bits per heavy atom. The number of benzene rings is 1. The minimum absolute atomic E-state index is 0.248. The Balaban J connectivity index is 1.85. The fraction of sp³-hybridized carbons (Fsp3) is 0.500. The molecule has 2 N–H and O–H groups in total. The van der Waals surface area contributed by atoms with Crippen molar-refractivity contribution in [2.75, 3.05) is 13.1 Å². The summed E-state index contributed by atoms with van der Waals surface area (Å²) in [6.07, 6.45) is 3.08. The molecule has 1 aliphatic rings. The molecule has 1 atom stereocenters. The molecular weight excluding hydrogens is 212 g/mol. The van der Waals surface area contributed by atoms with Gasteiger partial charge in [0.25, 0.3) is 0 Å². The van der Waals surface area contributed by atoms with Crippen LogP contribution in [0.1, 0.15) is 24.0 Å². The van der Waals surface area contributed by atoms with Crippen LogP contribution in [0.5, 0.6) is 0 Å². The zero-order valence-electron chi connectivity index (χ0n) is 10.4. The SMILES string of the molecule is Cc1cccc(CC2=NCC(CCCN)O2)c1. The maximum Gasteiger partial charge on any atom is 0.188 e. The Hall–Kier alpha value is -1.35. The van der Waals surface area contributed by atoms with Crippen molar-refractivity contribution in [3.05, 3.63) is 35.4 Å². The van der Waals surface area contributed by atoms with Crippen LogP contribution < -0.4 is 5.73 Å². The lowest BCUT2D eigenvalue weighted by atomic mass is 10.1. The number of aryl methyl sites for hydroxylation is 1. The average Bonchev–Trinajstić information content (AvgIpc) is 2.74. The molecule has 3 heteroatoms. The van der Waals surface area contributed by atoms with Crippen molar-refractivity contribution in [2.24, 2.45) is 10.7 Å². The fourth-order valence-corrected chi connectivity index (χ4v) is 2.06. The molecule has 1 aliphatic heterocycles. The second-order valence-corrected chi connectivity index (χ2v) is 4.57. The fourth-order valence-electron chi connectivity index (χ4n) is 2.06. The molecule has 0 spiro atoms. The van der Waals surface area contributed by atoms with Crippen LogP contribution >= 0.6 is 0 Å². The molecule has 1 aromatic carbocycles. The summed E-state index contributed by atoms with van der Waals surface area (Å²) < 4.78 is 5.80. The van der Waals surface area contributed by atoms with E-state index in [2.05, 4.69) is 36.2 Å². The first kappa shape index (κ1) is 12.1. The van der Waals surface area contributed by atoms with Crippen LogP contribution in [0.4, 0.5) is 0 Å². The van der Waals surface area contributed by atoms with E-state index >= 15 is 0 Å². The number of rotatable bonds is 5. The summed E-state index contributed by atoms with van der Waals surface area (Å²) in [5, 5.41) is 0. The Kier molecular flexibility index (Phi) is 4.15. The topological polar surface area (TPSA) is 47.6 Å². The predicted molar refractivity (Wildman–Crippen MR) is 70.3 cm³/mol. The average molecular weight is 232 g/mol. The van der Waals surface area contributed by atoms with Gasteiger partial charge in [0.1, 0.15) is 6.10 Å². The summed E-state index contributed by atoms with van der Waals surface area (Å²) in [4.78, 5) is 4.45. The highest BCUT2D eigenvalue weighted by Gasteiger charge is 2.18. The second-order valence-electron chi connectivity index (χ2n) is 4.57. The van der Waals surface area contributed by atoms with Gasteiger partial charge < -0.3 is 10.5 Å². The molecule has 1 unspecified atom stereocenters. The smallest absolute Gasteiger partial charge is 0.188 e. The molecule has 0 amide bonds. The van der Waals surface area contributed by atoms with Crippen molar-refractivity contribution in [3.63, 3.8) is 0 Å². The summed E-state index contributed by atoms with van der Waals surface area (Å²) >= 11 is 0. The highest BCUT2D eigenvalue weighted by molar-refractivity contribution is 5.80. The summed E-state index contributed by atoms with van der Waals surface area (Å²) in [7, 11) is 0. The number of ether oxygens (including phenoxy) is 1. The predicted octanol–water partition coefficient (Wildman–Crippen LogP) is 2.07. The van der Waals surface area contributed by atoms with E-state index in [1.165, 1.54) is 11.1 Å².